The molecule has 0 atom stereocenters. The lowest BCUT2D eigenvalue weighted by atomic mass is 9.49. The van der Waals surface area contributed by atoms with Gasteiger partial charge < -0.3 is 19.5 Å². The van der Waals surface area contributed by atoms with E-state index in [9.17, 15) is 9.59 Å². The summed E-state index contributed by atoms with van der Waals surface area (Å²) < 4.78 is 5.39. The number of carbonyl (C=O) groups excluding carboxylic acids is 2. The molecule has 1 heterocycles. The first kappa shape index (κ1) is 26.1. The fraction of sp³-hybridized carbons (Fsp3) is 0.515. The molecule has 0 unspecified atom stereocenters. The van der Waals surface area contributed by atoms with Gasteiger partial charge in [0.25, 0.3) is 0 Å². The van der Waals surface area contributed by atoms with Gasteiger partial charge in [0, 0.05) is 43.8 Å². The average Bonchev–Trinajstić information content (AvgIpc) is 3.35. The number of nitrogens with zero attached hydrogens (tertiary/aromatic N) is 2. The molecule has 0 radical (unpaired) electrons. The Hall–Kier alpha value is -3.12. The number of aromatic nitrogens is 1. The van der Waals surface area contributed by atoms with Crippen molar-refractivity contribution in [2.75, 3.05) is 33.4 Å². The third-order valence-corrected chi connectivity index (χ3v) is 9.57. The predicted octanol–water partition coefficient (Wildman–Crippen LogP) is 5.43. The van der Waals surface area contributed by atoms with Crippen LogP contribution >= 0.6 is 0 Å². The normalized spacial score (nSPS) is 25.2. The van der Waals surface area contributed by atoms with E-state index in [1.807, 2.05) is 34.1 Å². The van der Waals surface area contributed by atoms with Crippen molar-refractivity contribution >= 4 is 22.7 Å². The average molecular weight is 528 g/mol. The lowest BCUT2D eigenvalue weighted by molar-refractivity contribution is -0.161. The number of carbonyl (C=O) groups is 2. The van der Waals surface area contributed by atoms with Crippen molar-refractivity contribution in [3.63, 3.8) is 0 Å². The highest BCUT2D eigenvalue weighted by Crippen LogP contribution is 2.60. The molecule has 2 amide bonds. The van der Waals surface area contributed by atoms with E-state index in [0.29, 0.717) is 44.0 Å². The maximum Gasteiger partial charge on any atom is 0.242 e. The fourth-order valence-corrected chi connectivity index (χ4v) is 8.11. The first-order chi connectivity index (χ1) is 19.0. The van der Waals surface area contributed by atoms with Gasteiger partial charge in [-0.05, 0) is 79.9 Å². The molecule has 7 rings (SSSR count). The smallest absolute Gasteiger partial charge is 0.242 e. The van der Waals surface area contributed by atoms with E-state index in [1.165, 1.54) is 30.2 Å². The summed E-state index contributed by atoms with van der Waals surface area (Å²) >= 11 is 0. The Morgan fingerprint density at radius 3 is 2.26 bits per heavy atom. The van der Waals surface area contributed by atoms with Crippen LogP contribution in [0.15, 0.2) is 60.8 Å². The van der Waals surface area contributed by atoms with Crippen molar-refractivity contribution in [3.05, 3.63) is 71.9 Å². The van der Waals surface area contributed by atoms with Crippen molar-refractivity contribution in [2.45, 2.75) is 51.5 Å². The monoisotopic (exact) mass is 527 g/mol. The highest BCUT2D eigenvalue weighted by molar-refractivity contribution is 5.88. The number of fused-ring (bicyclic) bond motifs is 1. The maximum absolute atomic E-state index is 14.2. The minimum absolute atomic E-state index is 0.00729. The molecule has 39 heavy (non-hydrogen) atoms. The van der Waals surface area contributed by atoms with Crippen molar-refractivity contribution < 1.29 is 14.3 Å². The van der Waals surface area contributed by atoms with E-state index in [-0.39, 0.29) is 23.8 Å². The number of ether oxygens (including phenoxy) is 1. The van der Waals surface area contributed by atoms with E-state index in [0.717, 1.165) is 36.8 Å². The molecule has 0 aliphatic heterocycles. The van der Waals surface area contributed by atoms with Gasteiger partial charge in [-0.15, -0.1) is 0 Å². The summed E-state index contributed by atoms with van der Waals surface area (Å²) in [5.74, 6) is 2.26. The van der Waals surface area contributed by atoms with Crippen LogP contribution in [0.4, 0.5) is 0 Å². The first-order valence-electron chi connectivity index (χ1n) is 14.7. The van der Waals surface area contributed by atoms with E-state index < -0.39 is 0 Å². The Morgan fingerprint density at radius 2 is 1.56 bits per heavy atom. The van der Waals surface area contributed by atoms with Crippen LogP contribution in [-0.4, -0.2) is 59.9 Å². The number of nitrogens with one attached hydrogen (secondary N) is 1. The number of methoxy groups -OCH3 is 1. The van der Waals surface area contributed by atoms with Crippen molar-refractivity contribution in [2.24, 2.45) is 23.2 Å². The second-order valence-corrected chi connectivity index (χ2v) is 12.3. The van der Waals surface area contributed by atoms with Crippen molar-refractivity contribution in [1.82, 2.24) is 14.8 Å². The van der Waals surface area contributed by atoms with Gasteiger partial charge in [0.15, 0.2) is 0 Å². The predicted molar refractivity (Wildman–Crippen MR) is 153 cm³/mol. The molecular formula is C33H41N3O3. The minimum atomic E-state index is -0.267. The highest BCUT2D eigenvalue weighted by Gasteiger charge is 2.55. The number of hydrogen-bond donors (Lipinski definition) is 1. The molecule has 6 heteroatoms. The zero-order valence-electron chi connectivity index (χ0n) is 23.1. The van der Waals surface area contributed by atoms with Crippen LogP contribution in [0, 0.1) is 23.2 Å². The SMILES string of the molecule is COCCN(CC(=O)N(CCc1c[nH]c2ccccc12)Cc1ccccc1)C(=O)C12CC3CC(CC(C3)C1)C2. The molecule has 1 N–H and O–H groups in total. The Kier molecular flexibility index (Phi) is 7.48. The molecule has 4 aliphatic rings. The molecule has 6 nitrogen and oxygen atoms in total. The second kappa shape index (κ2) is 11.2. The summed E-state index contributed by atoms with van der Waals surface area (Å²) in [6, 6.07) is 18.4. The van der Waals surface area contributed by atoms with Crippen LogP contribution in [0.2, 0.25) is 0 Å². The Balaban J connectivity index is 1.20. The molecular weight excluding hydrogens is 486 g/mol. The number of aromatic amines is 1. The zero-order chi connectivity index (χ0) is 26.8. The highest BCUT2D eigenvalue weighted by atomic mass is 16.5. The van der Waals surface area contributed by atoms with Crippen LogP contribution in [0.3, 0.4) is 0 Å². The number of hydrogen-bond acceptors (Lipinski definition) is 3. The molecule has 2 aromatic carbocycles. The summed E-state index contributed by atoms with van der Waals surface area (Å²) in [6.07, 6.45) is 9.70. The molecule has 4 fully saturated rings. The second-order valence-electron chi connectivity index (χ2n) is 12.3. The molecule has 206 valence electrons. The Bertz CT molecular complexity index is 1260. The molecule has 3 aromatic rings. The number of rotatable bonds is 11. The van der Waals surface area contributed by atoms with Gasteiger partial charge in [-0.3, -0.25) is 9.59 Å². The van der Waals surface area contributed by atoms with E-state index >= 15 is 0 Å². The largest absolute Gasteiger partial charge is 0.383 e. The van der Waals surface area contributed by atoms with Crippen molar-refractivity contribution in [1.29, 1.82) is 0 Å². The Morgan fingerprint density at radius 1 is 0.897 bits per heavy atom. The zero-order valence-corrected chi connectivity index (χ0v) is 23.1. The fourth-order valence-electron chi connectivity index (χ4n) is 8.11. The van der Waals surface area contributed by atoms with Gasteiger partial charge in [0.05, 0.1) is 18.6 Å². The standard InChI is InChI=1S/C33H41N3O3/c1-39-14-13-36(32(38)33-18-25-15-26(19-33)17-27(16-25)20-33)23-31(37)35(22-24-7-3-2-4-8-24)12-11-28-21-34-30-10-6-5-9-29(28)30/h2-10,21,25-27,34H,11-20,22-23H2,1H3. The number of amides is 2. The summed E-state index contributed by atoms with van der Waals surface area (Å²) in [7, 11) is 1.66. The van der Waals surface area contributed by atoms with Gasteiger partial charge in [-0.1, -0.05) is 48.5 Å². The van der Waals surface area contributed by atoms with Crippen LogP contribution in [0.25, 0.3) is 10.9 Å². The van der Waals surface area contributed by atoms with Gasteiger partial charge in [-0.25, -0.2) is 0 Å². The Labute approximate surface area is 231 Å². The number of H-pyrrole nitrogens is 1. The third-order valence-electron chi connectivity index (χ3n) is 9.57. The summed E-state index contributed by atoms with van der Waals surface area (Å²) in [5.41, 5.74) is 3.15. The summed E-state index contributed by atoms with van der Waals surface area (Å²) in [5, 5.41) is 1.20. The van der Waals surface area contributed by atoms with Crippen LogP contribution in [-0.2, 0) is 27.3 Å². The topological polar surface area (TPSA) is 65.6 Å². The quantitative estimate of drug-likeness (QED) is 0.362. The van der Waals surface area contributed by atoms with Crippen LogP contribution in [0.5, 0.6) is 0 Å². The number of benzene rings is 2. The van der Waals surface area contributed by atoms with E-state index in [4.69, 9.17) is 4.74 Å². The molecule has 1 aromatic heterocycles. The minimum Gasteiger partial charge on any atom is -0.383 e. The number of para-hydroxylation sites is 1. The van der Waals surface area contributed by atoms with Crippen LogP contribution < -0.4 is 0 Å². The molecule has 4 bridgehead atoms. The molecule has 0 saturated heterocycles. The lowest BCUT2D eigenvalue weighted by Crippen LogP contribution is -2.56. The molecule has 4 aliphatic carbocycles. The summed E-state index contributed by atoms with van der Waals surface area (Å²) in [4.78, 5) is 35.3. The lowest BCUT2D eigenvalue weighted by Gasteiger charge is -2.56. The van der Waals surface area contributed by atoms with Gasteiger partial charge >= 0.3 is 0 Å². The van der Waals surface area contributed by atoms with E-state index in [1.54, 1.807) is 7.11 Å². The third kappa shape index (κ3) is 5.49. The van der Waals surface area contributed by atoms with E-state index in [2.05, 4.69) is 41.5 Å². The molecule has 4 saturated carbocycles. The maximum atomic E-state index is 14.2. The summed E-state index contributed by atoms with van der Waals surface area (Å²) in [6.45, 7) is 2.15. The van der Waals surface area contributed by atoms with Gasteiger partial charge in [0.2, 0.25) is 11.8 Å². The first-order valence-corrected chi connectivity index (χ1v) is 14.7. The van der Waals surface area contributed by atoms with Crippen molar-refractivity contribution in [3.8, 4) is 0 Å². The van der Waals surface area contributed by atoms with Gasteiger partial charge in [0.1, 0.15) is 0 Å². The van der Waals surface area contributed by atoms with Gasteiger partial charge in [-0.2, -0.15) is 0 Å². The molecule has 0 spiro atoms. The van der Waals surface area contributed by atoms with Crippen LogP contribution in [0.1, 0.15) is 49.7 Å².